The molecular formula is C25H43N3O8P+. The number of rotatable bonds is 18. The predicted octanol–water partition coefficient (Wildman–Crippen LogP) is 4.11. The molecule has 37 heavy (non-hydrogen) atoms. The van der Waals surface area contributed by atoms with E-state index in [0.29, 0.717) is 0 Å². The topological polar surface area (TPSA) is 154 Å². The van der Waals surface area contributed by atoms with Crippen LogP contribution in [-0.4, -0.2) is 45.7 Å². The van der Waals surface area contributed by atoms with Gasteiger partial charge in [-0.05, 0) is 6.42 Å². The van der Waals surface area contributed by atoms with Gasteiger partial charge in [0.25, 0.3) is 0 Å². The van der Waals surface area contributed by atoms with Crippen LogP contribution in [0.5, 0.6) is 6.01 Å². The number of anilines is 1. The molecule has 1 aromatic heterocycles. The van der Waals surface area contributed by atoms with Gasteiger partial charge < -0.3 is 29.7 Å². The van der Waals surface area contributed by atoms with Crippen LogP contribution in [0, 0.1) is 0 Å². The highest BCUT2D eigenvalue weighted by molar-refractivity contribution is 7.46. The van der Waals surface area contributed by atoms with E-state index >= 15 is 0 Å². The first-order valence-electron chi connectivity index (χ1n) is 13.7. The van der Waals surface area contributed by atoms with E-state index in [-0.39, 0.29) is 18.2 Å². The number of carbonyl (C=O) groups is 1. The number of phosphoric ester groups is 1. The lowest BCUT2D eigenvalue weighted by Gasteiger charge is -2.21. The Hall–Kier alpha value is -1.78. The van der Waals surface area contributed by atoms with Crippen molar-refractivity contribution in [3.8, 4) is 6.01 Å². The summed E-state index contributed by atoms with van der Waals surface area (Å²) in [4.78, 5) is 34.9. The van der Waals surface area contributed by atoms with Crippen molar-refractivity contribution in [3.05, 3.63) is 12.3 Å². The van der Waals surface area contributed by atoms with E-state index in [2.05, 4.69) is 16.4 Å². The van der Waals surface area contributed by atoms with Crippen LogP contribution in [0.25, 0.3) is 0 Å². The quantitative estimate of drug-likeness (QED) is 0.106. The minimum absolute atomic E-state index is 0.224. The van der Waals surface area contributed by atoms with E-state index in [9.17, 15) is 9.36 Å². The summed E-state index contributed by atoms with van der Waals surface area (Å²) in [6, 6.07) is 1.80. The molecule has 0 unspecified atom stereocenters. The summed E-state index contributed by atoms with van der Waals surface area (Å²) < 4.78 is 34.8. The van der Waals surface area contributed by atoms with Crippen molar-refractivity contribution in [2.45, 2.75) is 121 Å². The predicted molar refractivity (Wildman–Crippen MR) is 135 cm³/mol. The van der Waals surface area contributed by atoms with Gasteiger partial charge in [-0.1, -0.05) is 84.0 Å². The zero-order valence-electron chi connectivity index (χ0n) is 21.8. The third-order valence-corrected chi connectivity index (χ3v) is 7.30. The lowest BCUT2D eigenvalue weighted by Crippen LogP contribution is -2.41. The molecular weight excluding hydrogens is 501 g/mol. The van der Waals surface area contributed by atoms with Gasteiger partial charge in [-0.15, -0.1) is 0 Å². The second-order valence-corrected chi connectivity index (χ2v) is 11.2. The summed E-state index contributed by atoms with van der Waals surface area (Å²) in [6.45, 7) is 1.79. The number of fused-ring (bicyclic) bond motifs is 3. The number of esters is 1. The van der Waals surface area contributed by atoms with Crippen LogP contribution in [0.15, 0.2) is 12.3 Å². The van der Waals surface area contributed by atoms with Gasteiger partial charge in [0.1, 0.15) is 12.3 Å². The Kier molecular flexibility index (Phi) is 12.0. The van der Waals surface area contributed by atoms with Gasteiger partial charge >= 0.3 is 19.8 Å². The smallest absolute Gasteiger partial charge is 0.455 e. The third-order valence-electron chi connectivity index (χ3n) is 6.81. The molecule has 0 aliphatic carbocycles. The Labute approximate surface area is 219 Å². The molecule has 2 aliphatic rings. The molecule has 4 atom stereocenters. The van der Waals surface area contributed by atoms with E-state index in [1.807, 2.05) is 0 Å². The van der Waals surface area contributed by atoms with E-state index in [1.165, 1.54) is 64.2 Å². The van der Waals surface area contributed by atoms with Crippen molar-refractivity contribution >= 4 is 19.6 Å². The van der Waals surface area contributed by atoms with Crippen molar-refractivity contribution < 1.29 is 42.4 Å². The molecule has 0 aromatic carbocycles. The summed E-state index contributed by atoms with van der Waals surface area (Å²) in [7, 11) is -4.72. The van der Waals surface area contributed by atoms with Crippen LogP contribution in [0.2, 0.25) is 0 Å². The number of nitrogens with zero attached hydrogens (tertiary/aromatic N) is 2. The molecule has 1 saturated heterocycles. The van der Waals surface area contributed by atoms with Crippen molar-refractivity contribution in [2.75, 3.05) is 12.3 Å². The average molecular weight is 545 g/mol. The summed E-state index contributed by atoms with van der Waals surface area (Å²) >= 11 is 0. The van der Waals surface area contributed by atoms with Gasteiger partial charge in [0, 0.05) is 17.5 Å². The highest BCUT2D eigenvalue weighted by Crippen LogP contribution is 2.40. The fourth-order valence-corrected chi connectivity index (χ4v) is 5.17. The number of phosphoric acid groups is 1. The van der Waals surface area contributed by atoms with Crippen molar-refractivity contribution in [1.82, 2.24) is 4.98 Å². The van der Waals surface area contributed by atoms with E-state index < -0.39 is 44.9 Å². The molecule has 4 N–H and O–H groups in total. The maximum absolute atomic E-state index is 12.6. The van der Waals surface area contributed by atoms with Crippen molar-refractivity contribution in [3.63, 3.8) is 0 Å². The fourth-order valence-electron chi connectivity index (χ4n) is 4.83. The minimum atomic E-state index is -4.72. The number of nitrogen functional groups attached to an aromatic ring is 1. The number of aromatic nitrogens is 2. The highest BCUT2D eigenvalue weighted by atomic mass is 31.2. The summed E-state index contributed by atoms with van der Waals surface area (Å²) in [6.07, 6.45) is 14.5. The van der Waals surface area contributed by atoms with Gasteiger partial charge in [-0.3, -0.25) is 9.32 Å². The zero-order chi connectivity index (χ0) is 26.7. The molecule has 3 rings (SSSR count). The summed E-state index contributed by atoms with van der Waals surface area (Å²) in [5.41, 5.74) is 5.72. The Morgan fingerprint density at radius 3 is 2.24 bits per heavy atom. The van der Waals surface area contributed by atoms with Crippen LogP contribution in [0.4, 0.5) is 5.82 Å². The number of carbonyl (C=O) groups excluding carboxylic acids is 1. The highest BCUT2D eigenvalue weighted by Gasteiger charge is 2.58. The number of hydrogen-bond acceptors (Lipinski definition) is 8. The largest absolute Gasteiger partial charge is 0.503 e. The second-order valence-electron chi connectivity index (χ2n) is 9.92. The van der Waals surface area contributed by atoms with Gasteiger partial charge in [0.05, 0.1) is 6.61 Å². The third kappa shape index (κ3) is 9.80. The lowest BCUT2D eigenvalue weighted by atomic mass is 10.0. The Morgan fingerprint density at radius 1 is 1.05 bits per heavy atom. The zero-order valence-corrected chi connectivity index (χ0v) is 22.7. The SMILES string of the molecule is CCCCCCCCCCCCCCCC(=O)O[C@H]1[C@H]2Oc3nc(N)cc[n+]3[C@@H]2O[C@@H]1COP(=O)(O)O. The normalized spacial score (nSPS) is 22.5. The molecule has 0 bridgehead atoms. The first-order chi connectivity index (χ1) is 17.8. The molecule has 0 amide bonds. The van der Waals surface area contributed by atoms with Crippen LogP contribution in [0.1, 0.15) is 103 Å². The molecule has 2 aliphatic heterocycles. The van der Waals surface area contributed by atoms with Crippen molar-refractivity contribution in [1.29, 1.82) is 0 Å². The molecule has 11 nitrogen and oxygen atoms in total. The summed E-state index contributed by atoms with van der Waals surface area (Å²) in [5, 5.41) is 0. The first kappa shape index (κ1) is 29.8. The number of unbranched alkanes of at least 4 members (excludes halogenated alkanes) is 12. The Morgan fingerprint density at radius 2 is 1.65 bits per heavy atom. The van der Waals surface area contributed by atoms with Crippen LogP contribution < -0.4 is 15.0 Å². The van der Waals surface area contributed by atoms with E-state index in [4.69, 9.17) is 29.7 Å². The van der Waals surface area contributed by atoms with Gasteiger partial charge in [-0.25, -0.2) is 4.57 Å². The first-order valence-corrected chi connectivity index (χ1v) is 15.2. The number of hydrogen-bond donors (Lipinski definition) is 3. The molecule has 1 aromatic rings. The average Bonchev–Trinajstić information content (AvgIpc) is 3.35. The molecule has 0 saturated carbocycles. The Balaban J connectivity index is 1.36. The van der Waals surface area contributed by atoms with Crippen LogP contribution in [-0.2, 0) is 23.4 Å². The second kappa shape index (κ2) is 15.0. The summed E-state index contributed by atoms with van der Waals surface area (Å²) in [5.74, 6) is -0.140. The number of nitrogens with two attached hydrogens (primary N) is 1. The standard InChI is InChI=1S/C25H42N3O8P/c1-2-3-4-5-6-7-8-9-10-11-12-13-14-15-21(29)35-22-19(18-33-37(30,31)32)34-24-23(22)36-25-27-20(26)16-17-28(24)25/h16-17,19,22-24,26H,2-15,18H2,1H3,(H2,30,31,32)/p+1/t19-,22-,23-,24-/m1/s1. The molecule has 0 radical (unpaired) electrons. The maximum Gasteiger partial charge on any atom is 0.503 e. The molecule has 1 fully saturated rings. The van der Waals surface area contributed by atoms with Gasteiger partial charge in [0.2, 0.25) is 18.1 Å². The lowest BCUT2D eigenvalue weighted by molar-refractivity contribution is -0.746. The molecule has 3 heterocycles. The van der Waals surface area contributed by atoms with Gasteiger partial charge in [-0.2, -0.15) is 4.57 Å². The fraction of sp³-hybridized carbons (Fsp3) is 0.800. The maximum atomic E-state index is 12.6. The van der Waals surface area contributed by atoms with Gasteiger partial charge in [0.15, 0.2) is 6.10 Å². The molecule has 12 heteroatoms. The molecule has 0 spiro atoms. The number of ether oxygens (including phenoxy) is 3. The molecule has 210 valence electrons. The monoisotopic (exact) mass is 544 g/mol. The van der Waals surface area contributed by atoms with E-state index in [0.717, 1.165) is 19.3 Å². The van der Waals surface area contributed by atoms with Crippen LogP contribution >= 0.6 is 7.82 Å². The van der Waals surface area contributed by atoms with Crippen molar-refractivity contribution in [2.24, 2.45) is 0 Å². The minimum Gasteiger partial charge on any atom is -0.455 e. The Bertz CT molecular complexity index is 899. The van der Waals surface area contributed by atoms with Crippen LogP contribution in [0.3, 0.4) is 0 Å². The van der Waals surface area contributed by atoms with E-state index in [1.54, 1.807) is 16.8 Å².